The number of alkyl halides is 1. The summed E-state index contributed by atoms with van der Waals surface area (Å²) < 4.78 is 45.4. The van der Waals surface area contributed by atoms with Crippen LogP contribution in [-0.2, 0) is 9.47 Å². The van der Waals surface area contributed by atoms with E-state index in [1.54, 1.807) is 30.3 Å². The molecule has 0 aromatic heterocycles. The Morgan fingerprint density at radius 2 is 1.38 bits per heavy atom. The third kappa shape index (κ3) is 5.81. The standard InChI is InChI=1S/C31H32ClFO6/c32-30-28(19-9-13-22(14-10-19)37-26-5-1-3-15-35-26)31(20-7-11-21(34)12-8-20)39-25-18-23(17-24(33)29(25)30)38-27-6-2-4-16-36-27/h7-14,17-18,26-28,30-31,34H,1-6,15-16H2. The lowest BCUT2D eigenvalue weighted by molar-refractivity contribution is -0.106. The van der Waals surface area contributed by atoms with Crippen LogP contribution >= 0.6 is 11.6 Å². The van der Waals surface area contributed by atoms with Crippen LogP contribution in [0.2, 0.25) is 0 Å². The van der Waals surface area contributed by atoms with Crippen molar-refractivity contribution in [3.05, 3.63) is 83.2 Å². The maximum atomic E-state index is 15.6. The largest absolute Gasteiger partial charge is 0.508 e. The molecule has 0 spiro atoms. The van der Waals surface area contributed by atoms with Gasteiger partial charge in [0.2, 0.25) is 0 Å². The number of fused-ring (bicyclic) bond motifs is 1. The van der Waals surface area contributed by atoms with E-state index in [1.165, 1.54) is 6.07 Å². The van der Waals surface area contributed by atoms with Crippen LogP contribution in [0.25, 0.3) is 0 Å². The second-order valence-electron chi connectivity index (χ2n) is 10.3. The molecule has 3 aromatic carbocycles. The van der Waals surface area contributed by atoms with Crippen LogP contribution in [-0.4, -0.2) is 30.9 Å². The Labute approximate surface area is 232 Å². The molecule has 206 valence electrons. The van der Waals surface area contributed by atoms with Gasteiger partial charge in [-0.3, -0.25) is 0 Å². The number of ether oxygens (including phenoxy) is 5. The number of rotatable bonds is 6. The molecule has 0 amide bonds. The number of phenols is 1. The predicted molar refractivity (Wildman–Crippen MR) is 144 cm³/mol. The van der Waals surface area contributed by atoms with Crippen LogP contribution in [0.3, 0.4) is 0 Å². The van der Waals surface area contributed by atoms with Gasteiger partial charge in [0.1, 0.15) is 34.9 Å². The molecule has 0 aliphatic carbocycles. The lowest BCUT2D eigenvalue weighted by atomic mass is 9.81. The summed E-state index contributed by atoms with van der Waals surface area (Å²) in [4.78, 5) is 0. The molecule has 0 bridgehead atoms. The van der Waals surface area contributed by atoms with Crippen molar-refractivity contribution < 1.29 is 33.2 Å². The van der Waals surface area contributed by atoms with Gasteiger partial charge in [0.15, 0.2) is 12.6 Å². The van der Waals surface area contributed by atoms with Crippen LogP contribution in [0.15, 0.2) is 60.7 Å². The molecule has 6 nitrogen and oxygen atoms in total. The average molecular weight is 555 g/mol. The topological polar surface area (TPSA) is 66.4 Å². The van der Waals surface area contributed by atoms with E-state index in [9.17, 15) is 5.11 Å². The number of halogens is 2. The molecular weight excluding hydrogens is 523 g/mol. The van der Waals surface area contributed by atoms with Gasteiger partial charge in [-0.1, -0.05) is 24.3 Å². The lowest BCUT2D eigenvalue weighted by Crippen LogP contribution is -2.28. The van der Waals surface area contributed by atoms with E-state index in [0.29, 0.717) is 36.0 Å². The van der Waals surface area contributed by atoms with Crippen molar-refractivity contribution in [3.63, 3.8) is 0 Å². The molecule has 2 saturated heterocycles. The Hall–Kier alpha value is -3.00. The average Bonchev–Trinajstić information content (AvgIpc) is 2.95. The Morgan fingerprint density at radius 1 is 0.769 bits per heavy atom. The Kier molecular flexibility index (Phi) is 7.82. The molecule has 3 aliphatic rings. The molecule has 3 heterocycles. The zero-order valence-electron chi connectivity index (χ0n) is 21.6. The third-order valence-electron chi connectivity index (χ3n) is 7.53. The van der Waals surface area contributed by atoms with Crippen molar-refractivity contribution >= 4 is 11.6 Å². The van der Waals surface area contributed by atoms with E-state index < -0.39 is 29.5 Å². The first-order valence-electron chi connectivity index (χ1n) is 13.6. The van der Waals surface area contributed by atoms with Gasteiger partial charge in [0.25, 0.3) is 0 Å². The van der Waals surface area contributed by atoms with Crippen LogP contribution in [0.5, 0.6) is 23.0 Å². The highest BCUT2D eigenvalue weighted by molar-refractivity contribution is 6.21. The summed E-state index contributed by atoms with van der Waals surface area (Å²) in [6, 6.07) is 17.5. The van der Waals surface area contributed by atoms with Gasteiger partial charge in [-0.15, -0.1) is 11.6 Å². The summed E-state index contributed by atoms with van der Waals surface area (Å²) in [6.45, 7) is 1.33. The van der Waals surface area contributed by atoms with Crippen molar-refractivity contribution in [1.82, 2.24) is 0 Å². The highest BCUT2D eigenvalue weighted by Crippen LogP contribution is 2.54. The Bertz CT molecular complexity index is 1260. The second kappa shape index (κ2) is 11.6. The van der Waals surface area contributed by atoms with Crippen molar-refractivity contribution in [2.24, 2.45) is 0 Å². The SMILES string of the molecule is Oc1ccc(C2Oc3cc(OC4CCCCO4)cc(F)c3C(Cl)C2c2ccc(OC3CCCCO3)cc2)cc1. The summed E-state index contributed by atoms with van der Waals surface area (Å²) in [5.41, 5.74) is 1.99. The fourth-order valence-corrected chi connectivity index (χ4v) is 6.00. The predicted octanol–water partition coefficient (Wildman–Crippen LogP) is 7.54. The molecule has 6 rings (SSSR count). The van der Waals surface area contributed by atoms with E-state index in [0.717, 1.165) is 49.7 Å². The highest BCUT2D eigenvalue weighted by Gasteiger charge is 2.41. The van der Waals surface area contributed by atoms with Crippen LogP contribution in [0.4, 0.5) is 4.39 Å². The molecule has 1 N–H and O–H groups in total. The lowest BCUT2D eigenvalue weighted by Gasteiger charge is -2.38. The molecule has 5 atom stereocenters. The quantitative estimate of drug-likeness (QED) is 0.317. The van der Waals surface area contributed by atoms with Gasteiger partial charge in [0, 0.05) is 36.5 Å². The van der Waals surface area contributed by atoms with E-state index >= 15 is 4.39 Å². The van der Waals surface area contributed by atoms with Gasteiger partial charge in [-0.25, -0.2) is 4.39 Å². The molecule has 0 saturated carbocycles. The fraction of sp³-hybridized carbons (Fsp3) is 0.419. The molecule has 3 aliphatic heterocycles. The van der Waals surface area contributed by atoms with Crippen molar-refractivity contribution in [2.75, 3.05) is 13.2 Å². The number of aromatic hydroxyl groups is 1. The number of benzene rings is 3. The minimum Gasteiger partial charge on any atom is -0.508 e. The van der Waals surface area contributed by atoms with Crippen molar-refractivity contribution in [2.45, 2.75) is 68.5 Å². The molecule has 39 heavy (non-hydrogen) atoms. The number of hydrogen-bond acceptors (Lipinski definition) is 6. The molecule has 3 aromatic rings. The zero-order chi connectivity index (χ0) is 26.8. The molecular formula is C31H32ClFO6. The van der Waals surface area contributed by atoms with Gasteiger partial charge in [-0.2, -0.15) is 0 Å². The van der Waals surface area contributed by atoms with Gasteiger partial charge in [-0.05, 0) is 61.1 Å². The Balaban J connectivity index is 1.31. The van der Waals surface area contributed by atoms with Gasteiger partial charge in [0.05, 0.1) is 18.6 Å². The van der Waals surface area contributed by atoms with Gasteiger partial charge >= 0.3 is 0 Å². The second-order valence-corrected chi connectivity index (χ2v) is 10.7. The summed E-state index contributed by atoms with van der Waals surface area (Å²) >= 11 is 7.08. The minimum atomic E-state index is -0.721. The summed E-state index contributed by atoms with van der Waals surface area (Å²) in [5, 5.41) is 9.15. The smallest absolute Gasteiger partial charge is 0.199 e. The first-order valence-corrected chi connectivity index (χ1v) is 14.1. The zero-order valence-corrected chi connectivity index (χ0v) is 22.3. The Morgan fingerprint density at radius 3 is 2.00 bits per heavy atom. The first kappa shape index (κ1) is 26.2. The van der Waals surface area contributed by atoms with E-state index in [-0.39, 0.29) is 12.0 Å². The normalized spacial score (nSPS) is 26.8. The summed E-state index contributed by atoms with van der Waals surface area (Å²) in [6.07, 6.45) is 4.55. The molecule has 8 heteroatoms. The number of hydrogen-bond donors (Lipinski definition) is 1. The monoisotopic (exact) mass is 554 g/mol. The van der Waals surface area contributed by atoms with Crippen LogP contribution in [0.1, 0.15) is 72.6 Å². The minimum absolute atomic E-state index is 0.148. The van der Waals surface area contributed by atoms with Crippen LogP contribution in [0, 0.1) is 5.82 Å². The molecule has 5 unspecified atom stereocenters. The first-order chi connectivity index (χ1) is 19.0. The fourth-order valence-electron chi connectivity index (χ4n) is 5.51. The van der Waals surface area contributed by atoms with E-state index in [1.807, 2.05) is 24.3 Å². The summed E-state index contributed by atoms with van der Waals surface area (Å²) in [5.74, 6) is 0.636. The van der Waals surface area contributed by atoms with Gasteiger partial charge < -0.3 is 28.8 Å². The summed E-state index contributed by atoms with van der Waals surface area (Å²) in [7, 11) is 0. The van der Waals surface area contributed by atoms with Crippen LogP contribution < -0.4 is 14.2 Å². The van der Waals surface area contributed by atoms with E-state index in [4.69, 9.17) is 35.3 Å². The molecule has 0 radical (unpaired) electrons. The van der Waals surface area contributed by atoms with Crippen molar-refractivity contribution in [3.8, 4) is 23.0 Å². The third-order valence-corrected chi connectivity index (χ3v) is 8.02. The molecule has 2 fully saturated rings. The maximum absolute atomic E-state index is 15.6. The number of phenolic OH excluding ortho intramolecular Hbond substituents is 1. The highest BCUT2D eigenvalue weighted by atomic mass is 35.5. The van der Waals surface area contributed by atoms with Crippen molar-refractivity contribution in [1.29, 1.82) is 0 Å². The maximum Gasteiger partial charge on any atom is 0.199 e. The van der Waals surface area contributed by atoms with E-state index in [2.05, 4.69) is 0 Å².